The number of ether oxygens (including phenoxy) is 1. The maximum Gasteiger partial charge on any atom is 0.273 e. The second-order valence-corrected chi connectivity index (χ2v) is 9.04. The molecular weight excluding hydrogens is 417 g/mol. The first-order valence-corrected chi connectivity index (χ1v) is 11.3. The summed E-state index contributed by atoms with van der Waals surface area (Å²) in [7, 11) is 1.51. The van der Waals surface area contributed by atoms with Gasteiger partial charge in [-0.3, -0.25) is 0 Å². The molecule has 1 aliphatic heterocycles. The lowest BCUT2D eigenvalue weighted by Crippen LogP contribution is -2.43. The Labute approximate surface area is 183 Å². The van der Waals surface area contributed by atoms with Gasteiger partial charge in [-0.1, -0.05) is 17.8 Å². The lowest BCUT2D eigenvalue weighted by molar-refractivity contribution is 0.311. The van der Waals surface area contributed by atoms with E-state index in [4.69, 9.17) is 4.74 Å². The molecular formula is C22H24FN5O2S. The molecule has 0 amide bonds. The zero-order valence-corrected chi connectivity index (χ0v) is 18.0. The first-order chi connectivity index (χ1) is 15.1. The van der Waals surface area contributed by atoms with Crippen LogP contribution in [0.2, 0.25) is 0 Å². The number of aromatic hydroxyl groups is 1. The van der Waals surface area contributed by atoms with Gasteiger partial charge in [0.2, 0.25) is 0 Å². The fraction of sp³-hybridized carbons (Fsp3) is 0.409. The van der Waals surface area contributed by atoms with Gasteiger partial charge >= 0.3 is 0 Å². The van der Waals surface area contributed by atoms with Crippen LogP contribution in [0.5, 0.6) is 10.9 Å². The van der Waals surface area contributed by atoms with Crippen molar-refractivity contribution in [1.82, 2.24) is 20.5 Å². The van der Waals surface area contributed by atoms with E-state index < -0.39 is 5.82 Å². The lowest BCUT2D eigenvalue weighted by atomic mass is 9.92. The van der Waals surface area contributed by atoms with Crippen LogP contribution in [0.25, 0.3) is 21.7 Å². The molecule has 2 fully saturated rings. The topological polar surface area (TPSA) is 83.4 Å². The predicted molar refractivity (Wildman–Crippen MR) is 118 cm³/mol. The van der Waals surface area contributed by atoms with Gasteiger partial charge in [0.15, 0.2) is 5.82 Å². The molecule has 31 heavy (non-hydrogen) atoms. The summed E-state index contributed by atoms with van der Waals surface area (Å²) >= 11 is 1.21. The molecule has 3 aromatic rings. The average molecular weight is 442 g/mol. The largest absolute Gasteiger partial charge is 0.507 e. The van der Waals surface area contributed by atoms with Crippen molar-refractivity contribution in [3.05, 3.63) is 36.3 Å². The summed E-state index contributed by atoms with van der Waals surface area (Å²) in [5.41, 5.74) is 1.01. The fourth-order valence-electron chi connectivity index (χ4n) is 4.08. The van der Waals surface area contributed by atoms with Crippen LogP contribution in [0.4, 0.5) is 10.2 Å². The van der Waals surface area contributed by atoms with Gasteiger partial charge in [0.05, 0.1) is 17.7 Å². The Bertz CT molecular complexity index is 1070. The number of nitrogens with zero attached hydrogens (tertiary/aromatic N) is 4. The number of thiazole rings is 1. The van der Waals surface area contributed by atoms with Crippen LogP contribution >= 0.6 is 11.3 Å². The number of benzene rings is 1. The van der Waals surface area contributed by atoms with E-state index in [1.165, 1.54) is 56.0 Å². The van der Waals surface area contributed by atoms with Crippen LogP contribution in [-0.2, 0) is 0 Å². The highest BCUT2D eigenvalue weighted by atomic mass is 32.1. The number of hydrogen-bond acceptors (Lipinski definition) is 8. The van der Waals surface area contributed by atoms with Gasteiger partial charge in [0.25, 0.3) is 5.19 Å². The highest BCUT2D eigenvalue weighted by Gasteiger charge is 2.28. The normalized spacial score (nSPS) is 18.9. The zero-order valence-electron chi connectivity index (χ0n) is 17.2. The molecule has 2 aliphatic rings. The molecule has 0 spiro atoms. The first-order valence-electron chi connectivity index (χ1n) is 10.5. The minimum Gasteiger partial charge on any atom is -0.507 e. The monoisotopic (exact) mass is 441 g/mol. The summed E-state index contributed by atoms with van der Waals surface area (Å²) in [6.07, 6.45) is 6.50. The number of rotatable bonds is 6. The van der Waals surface area contributed by atoms with Gasteiger partial charge in [0.1, 0.15) is 11.6 Å². The van der Waals surface area contributed by atoms with Crippen LogP contribution in [0, 0.1) is 5.82 Å². The van der Waals surface area contributed by atoms with Gasteiger partial charge in [-0.2, -0.15) is 0 Å². The van der Waals surface area contributed by atoms with E-state index in [-0.39, 0.29) is 11.3 Å². The van der Waals surface area contributed by atoms with Crippen molar-refractivity contribution in [3.8, 4) is 32.6 Å². The Morgan fingerprint density at radius 3 is 2.71 bits per heavy atom. The SMILES string of the molecule is COc1ncc(-c2cc(O)c(-c3ccc(N4CC[C@H](NC5CCC5)C4)nn3)cc2F)s1. The Morgan fingerprint density at radius 2 is 2.03 bits per heavy atom. The number of anilines is 1. The molecule has 1 atom stereocenters. The van der Waals surface area contributed by atoms with Gasteiger partial charge in [-0.25, -0.2) is 9.37 Å². The maximum atomic E-state index is 14.8. The minimum absolute atomic E-state index is 0.0586. The third-order valence-corrected chi connectivity index (χ3v) is 7.02. The summed E-state index contributed by atoms with van der Waals surface area (Å²) in [6, 6.07) is 7.50. The fourth-order valence-corrected chi connectivity index (χ4v) is 4.83. The number of nitrogens with one attached hydrogen (secondary N) is 1. The second kappa shape index (κ2) is 8.39. The van der Waals surface area contributed by atoms with Crippen molar-refractivity contribution in [3.63, 3.8) is 0 Å². The molecule has 1 saturated carbocycles. The molecule has 3 heterocycles. The van der Waals surface area contributed by atoms with E-state index >= 15 is 0 Å². The number of aromatic nitrogens is 3. The van der Waals surface area contributed by atoms with E-state index in [0.717, 1.165) is 25.3 Å². The van der Waals surface area contributed by atoms with Gasteiger partial charge in [-0.05, 0) is 43.5 Å². The molecule has 7 nitrogen and oxygen atoms in total. The minimum atomic E-state index is -0.463. The maximum absolute atomic E-state index is 14.8. The highest BCUT2D eigenvalue weighted by molar-refractivity contribution is 7.16. The summed E-state index contributed by atoms with van der Waals surface area (Å²) in [4.78, 5) is 6.85. The molecule has 1 aromatic carbocycles. The Hall–Kier alpha value is -2.78. The van der Waals surface area contributed by atoms with E-state index in [9.17, 15) is 9.50 Å². The Balaban J connectivity index is 1.32. The van der Waals surface area contributed by atoms with Crippen molar-refractivity contribution in [1.29, 1.82) is 0 Å². The van der Waals surface area contributed by atoms with E-state index in [1.807, 2.05) is 6.07 Å². The smallest absolute Gasteiger partial charge is 0.273 e. The number of halogens is 1. The Kier molecular flexibility index (Phi) is 5.45. The summed E-state index contributed by atoms with van der Waals surface area (Å²) in [5, 5.41) is 23.3. The van der Waals surface area contributed by atoms with Gasteiger partial charge < -0.3 is 20.1 Å². The standard InChI is InChI=1S/C22H24FN5O2S/c1-30-22-24-11-20(31-22)15-10-19(29)16(9-17(15)23)18-5-6-21(27-26-18)28-8-7-14(12-28)25-13-3-2-4-13/h5-6,9-11,13-14,25,29H,2-4,7-8,12H2,1H3/t14-/m0/s1. The van der Waals surface area contributed by atoms with E-state index in [1.54, 1.807) is 6.07 Å². The Morgan fingerprint density at radius 1 is 1.16 bits per heavy atom. The average Bonchev–Trinajstić information content (AvgIpc) is 3.42. The molecule has 2 N–H and O–H groups in total. The van der Waals surface area contributed by atoms with Crippen molar-refractivity contribution in [2.75, 3.05) is 25.1 Å². The number of phenolic OH excluding ortho intramolecular Hbond substituents is 1. The van der Waals surface area contributed by atoms with Gasteiger partial charge in [-0.15, -0.1) is 10.2 Å². The van der Waals surface area contributed by atoms with Crippen LogP contribution in [-0.4, -0.2) is 52.6 Å². The molecule has 162 valence electrons. The van der Waals surface area contributed by atoms with Crippen molar-refractivity contribution >= 4 is 17.2 Å². The first kappa shape index (κ1) is 20.1. The molecule has 5 rings (SSSR count). The molecule has 2 aromatic heterocycles. The zero-order chi connectivity index (χ0) is 21.4. The molecule has 1 aliphatic carbocycles. The predicted octanol–water partition coefficient (Wildman–Crippen LogP) is 3.84. The van der Waals surface area contributed by atoms with Crippen LogP contribution in [0.3, 0.4) is 0 Å². The molecule has 0 unspecified atom stereocenters. The molecule has 0 radical (unpaired) electrons. The van der Waals surface area contributed by atoms with E-state index in [0.29, 0.717) is 33.4 Å². The second-order valence-electron chi connectivity index (χ2n) is 8.05. The molecule has 1 saturated heterocycles. The summed E-state index contributed by atoms with van der Waals surface area (Å²) in [6.45, 7) is 1.85. The highest BCUT2D eigenvalue weighted by Crippen LogP contribution is 2.38. The third-order valence-electron chi connectivity index (χ3n) is 6.03. The molecule has 9 heteroatoms. The quantitative estimate of drug-likeness (QED) is 0.601. The number of hydrogen-bond donors (Lipinski definition) is 2. The van der Waals surface area contributed by atoms with Crippen LogP contribution < -0.4 is 15.0 Å². The lowest BCUT2D eigenvalue weighted by Gasteiger charge is -2.29. The number of methoxy groups -OCH3 is 1. The number of phenols is 1. The third kappa shape index (κ3) is 4.07. The summed E-state index contributed by atoms with van der Waals surface area (Å²) in [5.74, 6) is 0.279. The van der Waals surface area contributed by atoms with Crippen molar-refractivity contribution < 1.29 is 14.2 Å². The van der Waals surface area contributed by atoms with Gasteiger partial charge in [0, 0.05) is 42.5 Å². The van der Waals surface area contributed by atoms with Crippen LogP contribution in [0.15, 0.2) is 30.5 Å². The molecule has 0 bridgehead atoms. The van der Waals surface area contributed by atoms with Crippen molar-refractivity contribution in [2.45, 2.75) is 37.8 Å². The van der Waals surface area contributed by atoms with Crippen LogP contribution in [0.1, 0.15) is 25.7 Å². The summed E-state index contributed by atoms with van der Waals surface area (Å²) < 4.78 is 19.8. The van der Waals surface area contributed by atoms with Crippen molar-refractivity contribution in [2.24, 2.45) is 0 Å². The van der Waals surface area contributed by atoms with E-state index in [2.05, 4.69) is 25.4 Å².